The second-order valence-corrected chi connectivity index (χ2v) is 5.67. The first-order chi connectivity index (χ1) is 8.41. The second-order valence-electron chi connectivity index (χ2n) is 5.67. The summed E-state index contributed by atoms with van der Waals surface area (Å²) in [7, 11) is 0. The van der Waals surface area contributed by atoms with Gasteiger partial charge in [0.2, 0.25) is 5.91 Å². The number of carbonyl (C=O) groups is 1. The van der Waals surface area contributed by atoms with E-state index in [9.17, 15) is 4.79 Å². The minimum Gasteiger partial charge on any atom is -0.326 e. The molecule has 100 valence electrons. The van der Waals surface area contributed by atoms with Gasteiger partial charge in [0, 0.05) is 12.1 Å². The average Bonchev–Trinajstić information content (AvgIpc) is 2.28. The van der Waals surface area contributed by atoms with Crippen molar-refractivity contribution in [1.29, 1.82) is 0 Å². The van der Waals surface area contributed by atoms with Crippen molar-refractivity contribution in [3.63, 3.8) is 0 Å². The fourth-order valence-corrected chi connectivity index (χ4v) is 1.96. The number of anilines is 1. The van der Waals surface area contributed by atoms with Gasteiger partial charge < -0.3 is 5.32 Å². The summed E-state index contributed by atoms with van der Waals surface area (Å²) in [6.07, 6.45) is 1.54. The monoisotopic (exact) mass is 247 g/mol. The van der Waals surface area contributed by atoms with Gasteiger partial charge in [-0.1, -0.05) is 45.9 Å². The van der Waals surface area contributed by atoms with E-state index in [1.54, 1.807) is 0 Å². The van der Waals surface area contributed by atoms with Gasteiger partial charge in [0.05, 0.1) is 0 Å². The summed E-state index contributed by atoms with van der Waals surface area (Å²) in [5.41, 5.74) is 3.35. The molecule has 0 heterocycles. The molecule has 18 heavy (non-hydrogen) atoms. The maximum Gasteiger partial charge on any atom is 0.224 e. The number of amides is 1. The molecule has 1 N–H and O–H groups in total. The van der Waals surface area contributed by atoms with Gasteiger partial charge in [-0.25, -0.2) is 0 Å². The fraction of sp³-hybridized carbons (Fsp3) is 0.562. The lowest BCUT2D eigenvalue weighted by atomic mass is 9.98. The van der Waals surface area contributed by atoms with Gasteiger partial charge >= 0.3 is 0 Å². The smallest absolute Gasteiger partial charge is 0.224 e. The van der Waals surface area contributed by atoms with E-state index in [1.165, 1.54) is 5.56 Å². The van der Waals surface area contributed by atoms with Crippen LogP contribution in [0.3, 0.4) is 0 Å². The molecular formula is C16H25NO. The number of rotatable bonds is 5. The summed E-state index contributed by atoms with van der Waals surface area (Å²) in [6.45, 7) is 10.6. The summed E-state index contributed by atoms with van der Waals surface area (Å²) >= 11 is 0. The third-order valence-electron chi connectivity index (χ3n) is 3.14. The van der Waals surface area contributed by atoms with E-state index in [4.69, 9.17) is 0 Å². The molecule has 0 bridgehead atoms. The van der Waals surface area contributed by atoms with Crippen LogP contribution < -0.4 is 5.32 Å². The zero-order valence-corrected chi connectivity index (χ0v) is 12.2. The van der Waals surface area contributed by atoms with Gasteiger partial charge in [-0.05, 0) is 36.3 Å². The van der Waals surface area contributed by atoms with Crippen LogP contribution in [-0.4, -0.2) is 5.91 Å². The summed E-state index contributed by atoms with van der Waals surface area (Å²) in [5.74, 6) is 1.11. The van der Waals surface area contributed by atoms with E-state index in [-0.39, 0.29) is 5.91 Å². The lowest BCUT2D eigenvalue weighted by molar-refractivity contribution is -0.116. The molecule has 1 rings (SSSR count). The molecule has 0 aliphatic carbocycles. The molecule has 0 saturated carbocycles. The normalized spacial score (nSPS) is 11.1. The van der Waals surface area contributed by atoms with Gasteiger partial charge in [0.1, 0.15) is 0 Å². The molecule has 1 aromatic rings. The molecule has 1 aromatic carbocycles. The van der Waals surface area contributed by atoms with Gasteiger partial charge in [-0.2, -0.15) is 0 Å². The van der Waals surface area contributed by atoms with Crippen LogP contribution in [0.1, 0.15) is 57.6 Å². The largest absolute Gasteiger partial charge is 0.326 e. The van der Waals surface area contributed by atoms with Crippen molar-refractivity contribution in [3.8, 4) is 0 Å². The molecule has 0 aliphatic heterocycles. The standard InChI is InChI=1S/C16H25NO/c1-11(2)9-10-15(18)17-16-13(5)7-6-8-14(16)12(3)4/h6-8,11-12H,9-10H2,1-5H3,(H,17,18). The Kier molecular flexibility index (Phi) is 5.39. The SMILES string of the molecule is Cc1cccc(C(C)C)c1NC(=O)CCC(C)C. The summed E-state index contributed by atoms with van der Waals surface area (Å²) in [6, 6.07) is 6.19. The molecule has 0 unspecified atom stereocenters. The van der Waals surface area contributed by atoms with Crippen molar-refractivity contribution in [2.75, 3.05) is 5.32 Å². The van der Waals surface area contributed by atoms with Crippen LogP contribution in [0.15, 0.2) is 18.2 Å². The second kappa shape index (κ2) is 6.58. The van der Waals surface area contributed by atoms with E-state index >= 15 is 0 Å². The fourth-order valence-electron chi connectivity index (χ4n) is 1.96. The van der Waals surface area contributed by atoms with Crippen LogP contribution in [0.2, 0.25) is 0 Å². The minimum absolute atomic E-state index is 0.125. The van der Waals surface area contributed by atoms with Crippen molar-refractivity contribution >= 4 is 11.6 Å². The highest BCUT2D eigenvalue weighted by Crippen LogP contribution is 2.27. The van der Waals surface area contributed by atoms with Crippen molar-refractivity contribution in [2.24, 2.45) is 5.92 Å². The van der Waals surface area contributed by atoms with Crippen LogP contribution in [-0.2, 0) is 4.79 Å². The highest BCUT2D eigenvalue weighted by Gasteiger charge is 2.12. The Labute approximate surface area is 111 Å². The zero-order chi connectivity index (χ0) is 13.7. The first kappa shape index (κ1) is 14.7. The van der Waals surface area contributed by atoms with Crippen molar-refractivity contribution in [3.05, 3.63) is 29.3 Å². The lowest BCUT2D eigenvalue weighted by Gasteiger charge is -2.16. The van der Waals surface area contributed by atoms with E-state index in [2.05, 4.69) is 45.1 Å². The van der Waals surface area contributed by atoms with Gasteiger partial charge in [-0.15, -0.1) is 0 Å². The lowest BCUT2D eigenvalue weighted by Crippen LogP contribution is -2.15. The zero-order valence-electron chi connectivity index (χ0n) is 12.2. The maximum absolute atomic E-state index is 11.9. The molecular weight excluding hydrogens is 222 g/mol. The Balaban J connectivity index is 2.80. The van der Waals surface area contributed by atoms with Crippen LogP contribution >= 0.6 is 0 Å². The van der Waals surface area contributed by atoms with Crippen molar-refractivity contribution in [2.45, 2.75) is 53.4 Å². The van der Waals surface area contributed by atoms with Crippen LogP contribution in [0.25, 0.3) is 0 Å². The summed E-state index contributed by atoms with van der Waals surface area (Å²) < 4.78 is 0. The number of para-hydroxylation sites is 1. The van der Waals surface area contributed by atoms with Crippen LogP contribution in [0, 0.1) is 12.8 Å². The number of benzene rings is 1. The van der Waals surface area contributed by atoms with Crippen molar-refractivity contribution < 1.29 is 4.79 Å². The Morgan fingerprint density at radius 2 is 1.89 bits per heavy atom. The summed E-state index contributed by atoms with van der Waals surface area (Å²) in [5, 5.41) is 3.08. The molecule has 1 amide bonds. The molecule has 0 aliphatic rings. The molecule has 2 nitrogen and oxygen atoms in total. The molecule has 0 aromatic heterocycles. The quantitative estimate of drug-likeness (QED) is 0.816. The van der Waals surface area contributed by atoms with Gasteiger partial charge in [-0.3, -0.25) is 4.79 Å². The highest BCUT2D eigenvalue weighted by molar-refractivity contribution is 5.92. The van der Waals surface area contributed by atoms with E-state index < -0.39 is 0 Å². The van der Waals surface area contributed by atoms with Gasteiger partial charge in [0.15, 0.2) is 0 Å². The Hall–Kier alpha value is -1.31. The number of carbonyl (C=O) groups excluding carboxylic acids is 1. The van der Waals surface area contributed by atoms with E-state index in [0.717, 1.165) is 17.7 Å². The van der Waals surface area contributed by atoms with Crippen LogP contribution in [0.4, 0.5) is 5.69 Å². The van der Waals surface area contributed by atoms with Gasteiger partial charge in [0.25, 0.3) is 0 Å². The average molecular weight is 247 g/mol. The van der Waals surface area contributed by atoms with E-state index in [0.29, 0.717) is 18.3 Å². The molecule has 0 fully saturated rings. The summed E-state index contributed by atoms with van der Waals surface area (Å²) in [4.78, 5) is 11.9. The number of nitrogens with one attached hydrogen (secondary N) is 1. The predicted octanol–water partition coefficient (Wildman–Crippen LogP) is 4.49. The molecule has 0 saturated heterocycles. The van der Waals surface area contributed by atoms with E-state index in [1.807, 2.05) is 13.0 Å². The Bertz CT molecular complexity index is 408. The third-order valence-corrected chi connectivity index (χ3v) is 3.14. The Morgan fingerprint density at radius 1 is 1.22 bits per heavy atom. The maximum atomic E-state index is 11.9. The number of hydrogen-bond donors (Lipinski definition) is 1. The number of aryl methyl sites for hydroxylation is 1. The predicted molar refractivity (Wildman–Crippen MR) is 78.0 cm³/mol. The van der Waals surface area contributed by atoms with Crippen molar-refractivity contribution in [1.82, 2.24) is 0 Å². The molecule has 0 spiro atoms. The highest BCUT2D eigenvalue weighted by atomic mass is 16.1. The topological polar surface area (TPSA) is 29.1 Å². The third kappa shape index (κ3) is 4.17. The molecule has 0 radical (unpaired) electrons. The minimum atomic E-state index is 0.125. The molecule has 2 heteroatoms. The first-order valence-corrected chi connectivity index (χ1v) is 6.81. The molecule has 0 atom stereocenters. The van der Waals surface area contributed by atoms with Crippen LogP contribution in [0.5, 0.6) is 0 Å². The number of hydrogen-bond acceptors (Lipinski definition) is 1. The Morgan fingerprint density at radius 3 is 2.44 bits per heavy atom. The first-order valence-electron chi connectivity index (χ1n) is 6.81.